The quantitative estimate of drug-likeness (QED) is 0.476. The highest BCUT2D eigenvalue weighted by Crippen LogP contribution is 2.29. The molecule has 8 nitrogen and oxygen atoms in total. The van der Waals surface area contributed by atoms with Gasteiger partial charge in [-0.1, -0.05) is 6.92 Å². The Kier molecular flexibility index (Phi) is 5.06. The SMILES string of the molecule is C[C@@H]1CCN(C(NC#N)N(C)C)C[C@@H]1N(C)c1ncnc2[nH]ccc12. The van der Waals surface area contributed by atoms with Crippen molar-refractivity contribution in [2.75, 3.05) is 39.1 Å². The molecule has 25 heavy (non-hydrogen) atoms. The van der Waals surface area contributed by atoms with Crippen molar-refractivity contribution in [3.05, 3.63) is 18.6 Å². The number of aromatic nitrogens is 3. The molecule has 2 aromatic rings. The predicted molar refractivity (Wildman–Crippen MR) is 97.7 cm³/mol. The summed E-state index contributed by atoms with van der Waals surface area (Å²) in [6.45, 7) is 4.12. The number of likely N-dealkylation sites (N-methyl/N-ethyl adjacent to an activating group) is 1. The normalized spacial score (nSPS) is 22.7. The van der Waals surface area contributed by atoms with E-state index in [4.69, 9.17) is 5.26 Å². The van der Waals surface area contributed by atoms with Crippen LogP contribution in [0, 0.1) is 17.4 Å². The maximum absolute atomic E-state index is 9.07. The van der Waals surface area contributed by atoms with Gasteiger partial charge in [-0.3, -0.25) is 15.1 Å². The highest BCUT2D eigenvalue weighted by Gasteiger charge is 2.34. The zero-order valence-corrected chi connectivity index (χ0v) is 15.3. The maximum atomic E-state index is 9.07. The van der Waals surface area contributed by atoms with E-state index >= 15 is 0 Å². The molecule has 3 rings (SSSR count). The third-order valence-electron chi connectivity index (χ3n) is 5.14. The molecule has 0 radical (unpaired) electrons. The van der Waals surface area contributed by atoms with Crippen LogP contribution in [-0.4, -0.2) is 71.3 Å². The minimum Gasteiger partial charge on any atom is -0.354 e. The van der Waals surface area contributed by atoms with E-state index in [2.05, 4.69) is 50.2 Å². The standard InChI is InChI=1S/C17H26N8/c1-12-6-8-25(17(20-10-18)23(2)3)9-14(12)24(4)16-13-5-7-19-15(13)21-11-22-16/h5,7,11-12,14,17,20H,6,8-9H2,1-4H3,(H,19,21,22)/t12-,14+,17?/m1/s1. The van der Waals surface area contributed by atoms with Crippen molar-refractivity contribution < 1.29 is 0 Å². The number of piperidine rings is 1. The second kappa shape index (κ2) is 7.25. The Bertz CT molecular complexity index is 748. The molecule has 1 saturated heterocycles. The summed E-state index contributed by atoms with van der Waals surface area (Å²) in [6.07, 6.45) is 6.57. The molecule has 1 unspecified atom stereocenters. The summed E-state index contributed by atoms with van der Waals surface area (Å²) in [7, 11) is 6.07. The van der Waals surface area contributed by atoms with Gasteiger partial charge in [0.25, 0.3) is 0 Å². The Morgan fingerprint density at radius 1 is 1.40 bits per heavy atom. The Morgan fingerprint density at radius 2 is 2.20 bits per heavy atom. The maximum Gasteiger partial charge on any atom is 0.178 e. The summed E-state index contributed by atoms with van der Waals surface area (Å²) in [5.41, 5.74) is 0.856. The third-order valence-corrected chi connectivity index (χ3v) is 5.14. The molecule has 1 fully saturated rings. The van der Waals surface area contributed by atoms with E-state index in [1.54, 1.807) is 6.33 Å². The fourth-order valence-electron chi connectivity index (χ4n) is 3.70. The topological polar surface area (TPSA) is 87.1 Å². The number of aromatic amines is 1. The lowest BCUT2D eigenvalue weighted by Crippen LogP contribution is -2.60. The lowest BCUT2D eigenvalue weighted by molar-refractivity contribution is 0.0283. The van der Waals surface area contributed by atoms with Crippen molar-refractivity contribution in [2.24, 2.45) is 5.92 Å². The van der Waals surface area contributed by atoms with Gasteiger partial charge < -0.3 is 9.88 Å². The van der Waals surface area contributed by atoms with E-state index in [9.17, 15) is 0 Å². The molecule has 2 aromatic heterocycles. The Hall–Kier alpha value is -2.37. The monoisotopic (exact) mass is 342 g/mol. The molecule has 0 aromatic carbocycles. The van der Waals surface area contributed by atoms with Crippen LogP contribution in [-0.2, 0) is 0 Å². The van der Waals surface area contributed by atoms with Crippen molar-refractivity contribution >= 4 is 16.9 Å². The van der Waals surface area contributed by atoms with Gasteiger partial charge in [-0.25, -0.2) is 9.97 Å². The summed E-state index contributed by atoms with van der Waals surface area (Å²) in [6, 6.07) is 2.33. The first-order valence-electron chi connectivity index (χ1n) is 8.59. The van der Waals surface area contributed by atoms with Crippen LogP contribution in [0.5, 0.6) is 0 Å². The zero-order chi connectivity index (χ0) is 18.0. The molecule has 1 aliphatic heterocycles. The first-order valence-corrected chi connectivity index (χ1v) is 8.59. The van der Waals surface area contributed by atoms with E-state index < -0.39 is 0 Å². The molecule has 3 heterocycles. The van der Waals surface area contributed by atoms with Gasteiger partial charge in [0.05, 0.1) is 5.39 Å². The largest absolute Gasteiger partial charge is 0.354 e. The van der Waals surface area contributed by atoms with Gasteiger partial charge in [-0.15, -0.1) is 0 Å². The molecular weight excluding hydrogens is 316 g/mol. The molecule has 134 valence electrons. The summed E-state index contributed by atoms with van der Waals surface area (Å²) < 4.78 is 0. The molecule has 0 amide bonds. The zero-order valence-electron chi connectivity index (χ0n) is 15.3. The number of nitrogens with one attached hydrogen (secondary N) is 2. The molecule has 0 spiro atoms. The van der Waals surface area contributed by atoms with Crippen molar-refractivity contribution in [1.82, 2.24) is 30.1 Å². The molecule has 0 saturated carbocycles. The van der Waals surface area contributed by atoms with Crippen LogP contribution in [0.15, 0.2) is 18.6 Å². The Morgan fingerprint density at radius 3 is 2.92 bits per heavy atom. The summed E-state index contributed by atoms with van der Waals surface area (Å²) in [5, 5.41) is 13.0. The molecule has 8 heteroatoms. The number of hydrogen-bond acceptors (Lipinski definition) is 7. The van der Waals surface area contributed by atoms with E-state index in [0.717, 1.165) is 36.4 Å². The van der Waals surface area contributed by atoms with Crippen LogP contribution < -0.4 is 10.2 Å². The van der Waals surface area contributed by atoms with E-state index in [1.807, 2.05) is 31.3 Å². The van der Waals surface area contributed by atoms with Crippen molar-refractivity contribution in [1.29, 1.82) is 5.26 Å². The number of H-pyrrole nitrogens is 1. The highest BCUT2D eigenvalue weighted by molar-refractivity contribution is 5.87. The van der Waals surface area contributed by atoms with Crippen molar-refractivity contribution in [3.8, 4) is 6.19 Å². The van der Waals surface area contributed by atoms with E-state index in [1.165, 1.54) is 0 Å². The number of anilines is 1. The van der Waals surface area contributed by atoms with Gasteiger partial charge in [0.1, 0.15) is 24.1 Å². The van der Waals surface area contributed by atoms with Crippen molar-refractivity contribution in [3.63, 3.8) is 0 Å². The van der Waals surface area contributed by atoms with Crippen LogP contribution in [0.1, 0.15) is 13.3 Å². The van der Waals surface area contributed by atoms with Crippen LogP contribution >= 0.6 is 0 Å². The van der Waals surface area contributed by atoms with Crippen LogP contribution in [0.4, 0.5) is 5.82 Å². The molecular formula is C17H26N8. The number of fused-ring (bicyclic) bond motifs is 1. The van der Waals surface area contributed by atoms with Gasteiger partial charge in [0, 0.05) is 32.4 Å². The minimum atomic E-state index is -0.0916. The average molecular weight is 342 g/mol. The number of hydrogen-bond donors (Lipinski definition) is 2. The first kappa shape index (κ1) is 17.5. The number of nitriles is 1. The molecule has 1 aliphatic rings. The van der Waals surface area contributed by atoms with Gasteiger partial charge in [0.2, 0.25) is 0 Å². The smallest absolute Gasteiger partial charge is 0.178 e. The molecule has 2 N–H and O–H groups in total. The van der Waals surface area contributed by atoms with Crippen LogP contribution in [0.25, 0.3) is 11.0 Å². The van der Waals surface area contributed by atoms with Gasteiger partial charge in [-0.2, -0.15) is 5.26 Å². The summed E-state index contributed by atoms with van der Waals surface area (Å²) >= 11 is 0. The highest BCUT2D eigenvalue weighted by atomic mass is 15.4. The predicted octanol–water partition coefficient (Wildman–Crippen LogP) is 1.02. The van der Waals surface area contributed by atoms with E-state index in [0.29, 0.717) is 12.0 Å². The molecule has 0 aliphatic carbocycles. The fraction of sp³-hybridized carbons (Fsp3) is 0.588. The Labute approximate surface area is 148 Å². The number of likely N-dealkylation sites (tertiary alicyclic amines) is 1. The first-order chi connectivity index (χ1) is 12.0. The average Bonchev–Trinajstić information content (AvgIpc) is 3.08. The van der Waals surface area contributed by atoms with Crippen LogP contribution in [0.3, 0.4) is 0 Å². The van der Waals surface area contributed by atoms with Gasteiger partial charge in [-0.05, 0) is 32.5 Å². The lowest BCUT2D eigenvalue weighted by Gasteiger charge is -2.45. The second-order valence-electron chi connectivity index (χ2n) is 6.97. The van der Waals surface area contributed by atoms with Gasteiger partial charge >= 0.3 is 0 Å². The van der Waals surface area contributed by atoms with Gasteiger partial charge in [0.15, 0.2) is 6.19 Å². The number of nitrogens with zero attached hydrogens (tertiary/aromatic N) is 6. The fourth-order valence-corrected chi connectivity index (χ4v) is 3.70. The summed E-state index contributed by atoms with van der Waals surface area (Å²) in [5.74, 6) is 1.48. The second-order valence-corrected chi connectivity index (χ2v) is 6.97. The number of rotatable bonds is 5. The lowest BCUT2D eigenvalue weighted by atomic mass is 9.92. The molecule has 3 atom stereocenters. The third kappa shape index (κ3) is 3.38. The Balaban J connectivity index is 1.84. The summed E-state index contributed by atoms with van der Waals surface area (Å²) in [4.78, 5) is 18.6. The molecule has 0 bridgehead atoms. The van der Waals surface area contributed by atoms with Crippen LogP contribution in [0.2, 0.25) is 0 Å². The minimum absolute atomic E-state index is 0.0916. The van der Waals surface area contributed by atoms with Crippen molar-refractivity contribution in [2.45, 2.75) is 25.7 Å². The van der Waals surface area contributed by atoms with E-state index in [-0.39, 0.29) is 6.29 Å².